The van der Waals surface area contributed by atoms with Gasteiger partial charge in [-0.1, -0.05) is 0 Å². The number of halogens is 4. The van der Waals surface area contributed by atoms with Crippen LogP contribution in [0.3, 0.4) is 0 Å². The normalized spacial score (nSPS) is 6.50. The Morgan fingerprint density at radius 3 is 1.12 bits per heavy atom. The first kappa shape index (κ1) is 24.4. The summed E-state index contributed by atoms with van der Waals surface area (Å²) in [4.78, 5) is 0. The van der Waals surface area contributed by atoms with Crippen LogP contribution in [0.25, 0.3) is 0 Å². The maximum atomic E-state index is 9.69. The first-order valence-corrected chi connectivity index (χ1v) is 16.1. The molecule has 0 spiro atoms. The molecule has 0 rings (SSSR count). The minimum atomic E-state index is -0.438. The Bertz CT molecular complexity index is 22.0. The second kappa shape index (κ2) is 23.7. The summed E-state index contributed by atoms with van der Waals surface area (Å²) in [5, 5.41) is 0. The van der Waals surface area contributed by atoms with Crippen molar-refractivity contribution < 1.29 is 52.4 Å². The molecule has 0 aliphatic rings. The van der Waals surface area contributed by atoms with E-state index in [4.69, 9.17) is 0 Å². The smallest absolute Gasteiger partial charge is 0 e. The van der Waals surface area contributed by atoms with Gasteiger partial charge in [0, 0.05) is 36.9 Å². The quantitative estimate of drug-likeness (QED) is 0.256. The van der Waals surface area contributed by atoms with Gasteiger partial charge in [-0.25, -0.2) is 0 Å². The second-order valence-electron chi connectivity index (χ2n) is 0.111. The molecule has 0 N–H and O–H groups in total. The average molecular weight is 1000 g/mol. The van der Waals surface area contributed by atoms with Gasteiger partial charge in [0.1, 0.15) is 0 Å². The van der Waals surface area contributed by atoms with Gasteiger partial charge >= 0.3 is 137 Å². The van der Waals surface area contributed by atoms with Crippen LogP contribution in [-0.4, -0.2) is 76.1 Å². The van der Waals surface area contributed by atoms with E-state index in [0.29, 0.717) is 0 Å². The maximum absolute atomic E-state index is 9.69. The summed E-state index contributed by atoms with van der Waals surface area (Å²) < 4.78 is 9.69. The van der Waals surface area contributed by atoms with Gasteiger partial charge in [-0.05, 0) is 0 Å². The third-order valence-electron chi connectivity index (χ3n) is 0. The van der Waals surface area contributed by atoms with Crippen LogP contribution in [0.1, 0.15) is 0 Å². The fourth-order valence-electron chi connectivity index (χ4n) is 0. The predicted molar refractivity (Wildman–Crippen MR) is 58.9 cm³/mol. The van der Waals surface area contributed by atoms with E-state index in [9.17, 15) is -0.211 Å². The second-order valence-corrected chi connectivity index (χ2v) is 36.9. The summed E-state index contributed by atoms with van der Waals surface area (Å²) in [5.41, 5.74) is 0. The fraction of sp³-hybridized carbons (Fsp3) is 0. The summed E-state index contributed by atoms with van der Waals surface area (Å²) in [7, 11) is 0. The molecule has 0 heterocycles. The van der Waals surface area contributed by atoms with E-state index in [-0.39, 0.29) is 78.8 Å². The first-order valence-electron chi connectivity index (χ1n) is 0.671. The van der Waals surface area contributed by atoms with Crippen LogP contribution < -0.4 is 0 Å². The molecule has 1 radical (unpaired) electrons. The third kappa shape index (κ3) is 38.0. The van der Waals surface area contributed by atoms with Gasteiger partial charge < -0.3 is 0 Å². The van der Waals surface area contributed by atoms with Crippen molar-refractivity contribution >= 4 is 122 Å². The third-order valence-corrected chi connectivity index (χ3v) is 0. The molecule has 0 aromatic rings. The molecule has 0 nitrogen and oxygen atoms in total. The summed E-state index contributed by atoms with van der Waals surface area (Å²) >= 11 is 6.81. The van der Waals surface area contributed by atoms with Crippen molar-refractivity contribution in [1.29, 1.82) is 0 Å². The van der Waals surface area contributed by atoms with Gasteiger partial charge in [0.15, 0.2) is 0 Å². The van der Waals surface area contributed by atoms with Crippen LogP contribution in [0.4, 0.5) is -0.211 Å². The van der Waals surface area contributed by atoms with E-state index in [0.717, 1.165) is 0 Å². The summed E-state index contributed by atoms with van der Waals surface area (Å²) in [5.74, 6) is 0. The molecule has 0 unspecified atom stereocenters. The molecule has 0 aromatic heterocycles. The average Bonchev–Trinajstić information content (AvgIpc) is 1.41. The molecular formula is H3BiFI3KLu2. The Morgan fingerprint density at radius 1 is 1.12 bits per heavy atom. The topological polar surface area (TPSA) is 0 Å². The van der Waals surface area contributed by atoms with Crippen molar-refractivity contribution in [2.24, 2.45) is 0 Å². The van der Waals surface area contributed by atoms with Crippen molar-refractivity contribution in [3.8, 4) is 0 Å². The molecule has 0 aliphatic carbocycles. The van der Waals surface area contributed by atoms with E-state index in [1.54, 1.807) is 0 Å². The fourth-order valence-corrected chi connectivity index (χ4v) is 0. The van der Waals surface area contributed by atoms with Gasteiger partial charge in [-0.2, -0.15) is 0 Å². The Balaban J connectivity index is -0.0000000183. The zero-order valence-electron chi connectivity index (χ0n) is 3.74. The van der Waals surface area contributed by atoms with Gasteiger partial charge in [-0.3, -0.25) is 0 Å². The van der Waals surface area contributed by atoms with E-state index >= 15 is 0 Å². The minimum absolute atomic E-state index is 0. The molecule has 67 valence electrons. The number of hydrogen-bond acceptors (Lipinski definition) is 0. The standard InChI is InChI=1S/Bi.FH.3HI.K.2Lu.3H/h;4*1H;;;;;;/q;;;;;+1;;+3;;;/p-4. The SMILES string of the molecule is [BiH3].[F][K].[I][Lu]([I])[I].[Lu]. The number of hydrogen-bond donors (Lipinski definition) is 0. The van der Waals surface area contributed by atoms with Crippen LogP contribution in [-0.2, 0) is 0 Å². The zero-order valence-corrected chi connectivity index (χ0v) is 22.1. The maximum Gasteiger partial charge on any atom is 0 e. The zero-order chi connectivity index (χ0) is 5.58. The van der Waals surface area contributed by atoms with E-state index in [1.165, 1.54) is 0 Å². The molecular weight excluding hydrogens is 998 g/mol. The molecule has 0 atom stereocenters. The van der Waals surface area contributed by atoms with Gasteiger partial charge in [-0.15, -0.1) is 0 Å². The predicted octanol–water partition coefficient (Wildman–Crippen LogP) is 1.51. The molecule has 0 bridgehead atoms. The molecule has 0 fully saturated rings. The van der Waals surface area contributed by atoms with E-state index in [2.05, 4.69) is 45.7 Å². The first-order chi connectivity index (χ1) is 2.73. The van der Waals surface area contributed by atoms with Gasteiger partial charge in [0.05, 0.1) is 0 Å². The Hall–Kier alpha value is 7.11. The number of rotatable bonds is 0. The van der Waals surface area contributed by atoms with Crippen LogP contribution in [0.15, 0.2) is 0 Å². The van der Waals surface area contributed by atoms with Gasteiger partial charge in [0.2, 0.25) is 0 Å². The van der Waals surface area contributed by atoms with E-state index < -0.39 is 49.9 Å². The summed E-state index contributed by atoms with van der Waals surface area (Å²) in [6.07, 6.45) is 0. The molecule has 8 heavy (non-hydrogen) atoms. The molecule has 0 aromatic carbocycles. The van der Waals surface area contributed by atoms with Crippen molar-refractivity contribution in [3.63, 3.8) is 0 Å². The minimum Gasteiger partial charge on any atom is 0 e. The largest absolute Gasteiger partial charge is 0 e. The van der Waals surface area contributed by atoms with Crippen LogP contribution >= 0.6 is 45.7 Å². The van der Waals surface area contributed by atoms with Crippen LogP contribution in [0, 0.1) is 52.6 Å². The van der Waals surface area contributed by atoms with Crippen molar-refractivity contribution in [2.45, 2.75) is 0 Å². The Labute approximate surface area is 167 Å². The van der Waals surface area contributed by atoms with Crippen molar-refractivity contribution in [2.75, 3.05) is 0 Å². The Morgan fingerprint density at radius 2 is 1.12 bits per heavy atom. The van der Waals surface area contributed by atoms with Crippen LogP contribution in [0.2, 0.25) is 0 Å². The monoisotopic (exact) mass is 1000 g/mol. The molecule has 8 heteroatoms. The molecule has 0 saturated heterocycles. The molecule has 0 aliphatic heterocycles. The van der Waals surface area contributed by atoms with E-state index in [1.807, 2.05) is 0 Å². The summed E-state index contributed by atoms with van der Waals surface area (Å²) in [6.45, 7) is 0. The van der Waals surface area contributed by atoms with Crippen molar-refractivity contribution in [1.82, 2.24) is 0 Å². The van der Waals surface area contributed by atoms with Gasteiger partial charge in [0.25, 0.3) is 0 Å². The van der Waals surface area contributed by atoms with Crippen LogP contribution in [0.5, 0.6) is 0 Å². The van der Waals surface area contributed by atoms with Crippen molar-refractivity contribution in [3.05, 3.63) is 0 Å². The Kier molecular flexibility index (Phi) is 72.3. The summed E-state index contributed by atoms with van der Waals surface area (Å²) in [6, 6.07) is 0. The molecule has 0 saturated carbocycles. The molecule has 0 amide bonds.